The van der Waals surface area contributed by atoms with Gasteiger partial charge in [0.05, 0.1) is 12.4 Å². The number of carbonyl (C=O) groups excluding carboxylic acids is 2. The van der Waals surface area contributed by atoms with Crippen LogP contribution in [0, 0.1) is 0 Å². The molecule has 0 spiro atoms. The minimum atomic E-state index is -1.19. The van der Waals surface area contributed by atoms with Gasteiger partial charge in [0.25, 0.3) is 0 Å². The van der Waals surface area contributed by atoms with Gasteiger partial charge in [0.2, 0.25) is 11.8 Å². The third-order valence-electron chi connectivity index (χ3n) is 4.81. The number of guanidine groups is 1. The van der Waals surface area contributed by atoms with Crippen molar-refractivity contribution >= 4 is 23.7 Å². The van der Waals surface area contributed by atoms with Crippen LogP contribution in [0.2, 0.25) is 0 Å². The summed E-state index contributed by atoms with van der Waals surface area (Å²) in [4.78, 5) is 47.8. The summed E-state index contributed by atoms with van der Waals surface area (Å²) in [6, 6.07) is 5.79. The quantitative estimate of drug-likeness (QED) is 0.108. The summed E-state index contributed by atoms with van der Waals surface area (Å²) in [6.45, 7) is 0.245. The van der Waals surface area contributed by atoms with Gasteiger partial charge >= 0.3 is 5.97 Å². The predicted octanol–water partition coefficient (Wildman–Crippen LogP) is -1.37. The van der Waals surface area contributed by atoms with Gasteiger partial charge in [-0.1, -0.05) is 30.3 Å². The molecule has 0 radical (unpaired) electrons. The number of aromatic amines is 1. The first kappa shape index (κ1) is 25.3. The number of nitrogens with two attached hydrogens (primary N) is 3. The van der Waals surface area contributed by atoms with E-state index in [1.54, 1.807) is 30.5 Å². The Balaban J connectivity index is 2.05. The summed E-state index contributed by atoms with van der Waals surface area (Å²) in [5, 5.41) is 14.7. The van der Waals surface area contributed by atoms with E-state index in [0.717, 1.165) is 5.56 Å². The Hall–Kier alpha value is -3.93. The van der Waals surface area contributed by atoms with Gasteiger partial charge in [0, 0.05) is 31.3 Å². The molecule has 0 aliphatic rings. The SMILES string of the molecule is NC(N)=NCCCC(NC(=O)C(N)Cc1cnc[nH]1)C(=O)NC(Cc1ccccc1)C(=O)O. The molecule has 33 heavy (non-hydrogen) atoms. The molecule has 0 saturated heterocycles. The Morgan fingerprint density at radius 2 is 1.76 bits per heavy atom. The third-order valence-corrected chi connectivity index (χ3v) is 4.81. The summed E-state index contributed by atoms with van der Waals surface area (Å²) < 4.78 is 0. The normalized spacial score (nSPS) is 13.4. The topological polar surface area (TPSA) is 215 Å². The molecule has 178 valence electrons. The van der Waals surface area contributed by atoms with Gasteiger partial charge in [-0.2, -0.15) is 0 Å². The van der Waals surface area contributed by atoms with E-state index in [1.807, 2.05) is 6.07 Å². The van der Waals surface area contributed by atoms with Crippen molar-refractivity contribution in [2.24, 2.45) is 22.2 Å². The molecule has 2 rings (SSSR count). The van der Waals surface area contributed by atoms with E-state index >= 15 is 0 Å². The maximum atomic E-state index is 12.9. The zero-order valence-electron chi connectivity index (χ0n) is 18.1. The molecule has 0 bridgehead atoms. The number of carboxylic acid groups (broad SMARTS) is 1. The number of hydrogen-bond acceptors (Lipinski definition) is 6. The fourth-order valence-electron chi connectivity index (χ4n) is 3.10. The fraction of sp³-hybridized carbons (Fsp3) is 0.381. The number of carboxylic acids is 1. The Bertz CT molecular complexity index is 929. The maximum absolute atomic E-state index is 12.9. The second kappa shape index (κ2) is 12.8. The van der Waals surface area contributed by atoms with Gasteiger partial charge in [0.1, 0.15) is 12.1 Å². The maximum Gasteiger partial charge on any atom is 0.326 e. The third kappa shape index (κ3) is 8.99. The van der Waals surface area contributed by atoms with Gasteiger partial charge in [-0.05, 0) is 18.4 Å². The summed E-state index contributed by atoms with van der Waals surface area (Å²) in [5.74, 6) is -2.46. The van der Waals surface area contributed by atoms with Crippen molar-refractivity contribution in [3.63, 3.8) is 0 Å². The number of aliphatic imine (C=N–C) groups is 1. The highest BCUT2D eigenvalue weighted by Gasteiger charge is 2.28. The second-order valence-corrected chi connectivity index (χ2v) is 7.49. The van der Waals surface area contributed by atoms with Crippen LogP contribution in [-0.2, 0) is 27.2 Å². The lowest BCUT2D eigenvalue weighted by molar-refractivity contribution is -0.142. The van der Waals surface area contributed by atoms with E-state index in [-0.39, 0.29) is 31.8 Å². The van der Waals surface area contributed by atoms with Gasteiger partial charge in [0.15, 0.2) is 5.96 Å². The van der Waals surface area contributed by atoms with E-state index in [9.17, 15) is 19.5 Å². The first-order chi connectivity index (χ1) is 15.8. The molecule has 12 heteroatoms. The number of aromatic nitrogens is 2. The largest absolute Gasteiger partial charge is 0.480 e. The van der Waals surface area contributed by atoms with Crippen LogP contribution in [0.25, 0.3) is 0 Å². The molecule has 2 amide bonds. The molecular formula is C21H30N8O4. The van der Waals surface area contributed by atoms with E-state index in [4.69, 9.17) is 17.2 Å². The minimum absolute atomic E-state index is 0.0876. The predicted molar refractivity (Wildman–Crippen MR) is 122 cm³/mol. The zero-order valence-corrected chi connectivity index (χ0v) is 18.1. The van der Waals surface area contributed by atoms with Crippen molar-refractivity contribution in [2.45, 2.75) is 43.8 Å². The summed E-state index contributed by atoms with van der Waals surface area (Å²) in [5.41, 5.74) is 18.0. The van der Waals surface area contributed by atoms with Crippen molar-refractivity contribution in [1.29, 1.82) is 0 Å². The molecule has 10 N–H and O–H groups in total. The lowest BCUT2D eigenvalue weighted by Crippen LogP contribution is -2.55. The van der Waals surface area contributed by atoms with Crippen LogP contribution in [0.1, 0.15) is 24.1 Å². The molecule has 1 heterocycles. The molecule has 1 aromatic carbocycles. The number of carbonyl (C=O) groups is 3. The highest BCUT2D eigenvalue weighted by molar-refractivity contribution is 5.91. The molecule has 2 aromatic rings. The van der Waals surface area contributed by atoms with Crippen molar-refractivity contribution in [2.75, 3.05) is 6.54 Å². The van der Waals surface area contributed by atoms with Gasteiger partial charge < -0.3 is 37.9 Å². The van der Waals surface area contributed by atoms with Crippen LogP contribution >= 0.6 is 0 Å². The van der Waals surface area contributed by atoms with Crippen LogP contribution in [0.5, 0.6) is 0 Å². The van der Waals surface area contributed by atoms with Crippen LogP contribution in [-0.4, -0.2) is 63.5 Å². The van der Waals surface area contributed by atoms with Crippen LogP contribution in [0.4, 0.5) is 0 Å². The minimum Gasteiger partial charge on any atom is -0.480 e. The summed E-state index contributed by atoms with van der Waals surface area (Å²) in [6.07, 6.45) is 3.87. The molecule has 0 aliphatic carbocycles. The monoisotopic (exact) mass is 458 g/mol. The Labute approximate surface area is 191 Å². The smallest absolute Gasteiger partial charge is 0.326 e. The highest BCUT2D eigenvalue weighted by Crippen LogP contribution is 2.06. The number of rotatable bonds is 13. The number of imidazole rings is 1. The second-order valence-electron chi connectivity index (χ2n) is 7.49. The number of hydrogen-bond donors (Lipinski definition) is 7. The van der Waals surface area contributed by atoms with Crippen LogP contribution in [0.15, 0.2) is 47.8 Å². The fourth-order valence-corrected chi connectivity index (χ4v) is 3.10. The Morgan fingerprint density at radius 3 is 2.36 bits per heavy atom. The summed E-state index contributed by atoms with van der Waals surface area (Å²) >= 11 is 0. The number of nitrogens with zero attached hydrogens (tertiary/aromatic N) is 2. The number of H-pyrrole nitrogens is 1. The number of nitrogens with one attached hydrogen (secondary N) is 3. The van der Waals surface area contributed by atoms with Crippen molar-refractivity contribution in [1.82, 2.24) is 20.6 Å². The van der Waals surface area contributed by atoms with Crippen molar-refractivity contribution in [3.05, 3.63) is 54.1 Å². The van der Waals surface area contributed by atoms with Crippen LogP contribution < -0.4 is 27.8 Å². The standard InChI is InChI=1S/C21H30N8O4/c22-15(10-14-11-25-12-27-14)18(30)28-16(7-4-8-26-21(23)24)19(31)29-17(20(32)33)9-13-5-2-1-3-6-13/h1-3,5-6,11-12,15-17H,4,7-10,22H2,(H,25,27)(H,28,30)(H,29,31)(H,32,33)(H4,23,24,26). The average Bonchev–Trinajstić information content (AvgIpc) is 3.28. The Kier molecular flexibility index (Phi) is 9.83. The first-order valence-corrected chi connectivity index (χ1v) is 10.4. The molecule has 0 aliphatic heterocycles. The lowest BCUT2D eigenvalue weighted by atomic mass is 10.0. The first-order valence-electron chi connectivity index (χ1n) is 10.4. The molecule has 0 fully saturated rings. The number of amides is 2. The van der Waals surface area contributed by atoms with Crippen LogP contribution in [0.3, 0.4) is 0 Å². The average molecular weight is 459 g/mol. The molecule has 0 saturated carbocycles. The highest BCUT2D eigenvalue weighted by atomic mass is 16.4. The Morgan fingerprint density at radius 1 is 1.06 bits per heavy atom. The van der Waals surface area contributed by atoms with E-state index in [0.29, 0.717) is 12.1 Å². The molecule has 12 nitrogen and oxygen atoms in total. The van der Waals surface area contributed by atoms with Gasteiger partial charge in [-0.15, -0.1) is 0 Å². The van der Waals surface area contributed by atoms with Crippen molar-refractivity contribution in [3.8, 4) is 0 Å². The van der Waals surface area contributed by atoms with Gasteiger partial charge in [-0.25, -0.2) is 9.78 Å². The molecular weight excluding hydrogens is 428 g/mol. The van der Waals surface area contributed by atoms with E-state index in [1.165, 1.54) is 6.33 Å². The lowest BCUT2D eigenvalue weighted by Gasteiger charge is -2.23. The van der Waals surface area contributed by atoms with Gasteiger partial charge in [-0.3, -0.25) is 14.6 Å². The van der Waals surface area contributed by atoms with E-state index in [2.05, 4.69) is 25.6 Å². The van der Waals surface area contributed by atoms with E-state index < -0.39 is 35.9 Å². The number of benzene rings is 1. The molecule has 1 aromatic heterocycles. The zero-order chi connectivity index (χ0) is 24.2. The van der Waals surface area contributed by atoms with Crippen molar-refractivity contribution < 1.29 is 19.5 Å². The summed E-state index contributed by atoms with van der Waals surface area (Å²) in [7, 11) is 0. The molecule has 3 unspecified atom stereocenters. The molecule has 3 atom stereocenters. The number of aliphatic carboxylic acids is 1.